The quantitative estimate of drug-likeness (QED) is 0.667. The third kappa shape index (κ3) is 3.28. The van der Waals surface area contributed by atoms with E-state index in [0.717, 1.165) is 21.3 Å². The number of aromatic nitrogens is 2. The second kappa shape index (κ2) is 6.93. The van der Waals surface area contributed by atoms with Crippen LogP contribution in [0, 0.1) is 0 Å². The number of fused-ring (bicyclic) bond motifs is 1. The third-order valence-corrected chi connectivity index (χ3v) is 4.18. The summed E-state index contributed by atoms with van der Waals surface area (Å²) >= 11 is 0. The molecule has 3 rings (SSSR count). The molecule has 7 heteroatoms. The van der Waals surface area contributed by atoms with Crippen molar-refractivity contribution in [1.82, 2.24) is 9.97 Å². The Kier molecular flexibility index (Phi) is 4.73. The Bertz CT molecular complexity index is 845. The molecule has 0 aliphatic heterocycles. The van der Waals surface area contributed by atoms with Gasteiger partial charge in [-0.15, -0.1) is 0 Å². The van der Waals surface area contributed by atoms with Gasteiger partial charge in [0.05, 0.1) is 25.1 Å². The van der Waals surface area contributed by atoms with Crippen LogP contribution >= 0.6 is 21.7 Å². The van der Waals surface area contributed by atoms with Gasteiger partial charge in [-0.25, -0.2) is 9.97 Å². The van der Waals surface area contributed by atoms with E-state index in [1.165, 1.54) is 6.33 Å². The van der Waals surface area contributed by atoms with Crippen LogP contribution in [0.5, 0.6) is 23.1 Å². The summed E-state index contributed by atoms with van der Waals surface area (Å²) in [6, 6.07) is 11.0. The predicted octanol–water partition coefficient (Wildman–Crippen LogP) is 4.69. The second-order valence-electron chi connectivity index (χ2n) is 4.56. The van der Waals surface area contributed by atoms with Gasteiger partial charge in [-0.05, 0) is 45.9 Å². The maximum atomic E-state index is 5.89. The summed E-state index contributed by atoms with van der Waals surface area (Å²) in [4.78, 5) is 9.36. The lowest BCUT2D eigenvalue weighted by Crippen LogP contribution is -1.95. The molecule has 3 aromatic rings. The smallest absolute Gasteiger partial charge is 0.230 e. The highest BCUT2D eigenvalue weighted by Gasteiger charge is 2.12. The number of methoxy groups -OCH3 is 2. The van der Waals surface area contributed by atoms with Crippen LogP contribution in [0.4, 0.5) is 0 Å². The standard InChI is InChI=1S/C16H13ClN2O3S/c1-20-14-7-12-13(8-15(14)21-2)18-9-19-16(12)22-10-4-3-5-11(6-10)23-17/h3-9H,1-2H3. The molecule has 5 nitrogen and oxygen atoms in total. The van der Waals surface area contributed by atoms with E-state index in [1.54, 1.807) is 26.4 Å². The number of hydrogen-bond donors (Lipinski definition) is 0. The van der Waals surface area contributed by atoms with Crippen LogP contribution < -0.4 is 14.2 Å². The lowest BCUT2D eigenvalue weighted by molar-refractivity contribution is 0.355. The zero-order chi connectivity index (χ0) is 16.2. The summed E-state index contributed by atoms with van der Waals surface area (Å²) < 4.78 is 16.5. The van der Waals surface area contributed by atoms with Crippen LogP contribution in [0.25, 0.3) is 10.9 Å². The van der Waals surface area contributed by atoms with Gasteiger partial charge in [0.2, 0.25) is 5.88 Å². The van der Waals surface area contributed by atoms with Gasteiger partial charge in [0.15, 0.2) is 11.5 Å². The average molecular weight is 349 g/mol. The monoisotopic (exact) mass is 348 g/mol. The van der Waals surface area contributed by atoms with Gasteiger partial charge in [-0.2, -0.15) is 0 Å². The maximum absolute atomic E-state index is 5.89. The predicted molar refractivity (Wildman–Crippen MR) is 90.9 cm³/mol. The van der Waals surface area contributed by atoms with E-state index >= 15 is 0 Å². The highest BCUT2D eigenvalue weighted by Crippen LogP contribution is 2.36. The molecule has 0 spiro atoms. The SMILES string of the molecule is COc1cc2ncnc(Oc3cccc(SCl)c3)c2cc1OC. The lowest BCUT2D eigenvalue weighted by atomic mass is 10.2. The van der Waals surface area contributed by atoms with E-state index in [-0.39, 0.29) is 0 Å². The average Bonchev–Trinajstić information content (AvgIpc) is 2.61. The van der Waals surface area contributed by atoms with Crippen molar-refractivity contribution in [2.75, 3.05) is 14.2 Å². The van der Waals surface area contributed by atoms with Crippen LogP contribution in [0.15, 0.2) is 47.6 Å². The Labute approximate surface area is 142 Å². The van der Waals surface area contributed by atoms with Crippen LogP contribution in [-0.2, 0) is 0 Å². The van der Waals surface area contributed by atoms with Gasteiger partial charge in [-0.1, -0.05) is 6.07 Å². The zero-order valence-corrected chi connectivity index (χ0v) is 14.0. The number of benzene rings is 2. The molecule has 0 saturated heterocycles. The molecule has 0 amide bonds. The number of halogens is 1. The number of rotatable bonds is 5. The fourth-order valence-corrected chi connectivity index (χ4v) is 2.72. The molecule has 0 atom stereocenters. The van der Waals surface area contributed by atoms with Gasteiger partial charge >= 0.3 is 0 Å². The largest absolute Gasteiger partial charge is 0.493 e. The molecule has 0 fully saturated rings. The Morgan fingerprint density at radius 3 is 2.52 bits per heavy atom. The van der Waals surface area contributed by atoms with Crippen molar-refractivity contribution >= 4 is 32.6 Å². The first-order chi connectivity index (χ1) is 11.2. The first-order valence-corrected chi connectivity index (χ1v) is 8.32. The summed E-state index contributed by atoms with van der Waals surface area (Å²) in [7, 11) is 10.1. The molecule has 2 aromatic carbocycles. The van der Waals surface area contributed by atoms with Crippen LogP contribution in [-0.4, -0.2) is 24.2 Å². The highest BCUT2D eigenvalue weighted by molar-refractivity contribution is 8.21. The molecule has 0 aliphatic rings. The van der Waals surface area contributed by atoms with Crippen LogP contribution in [0.3, 0.4) is 0 Å². The molecule has 0 radical (unpaired) electrons. The normalized spacial score (nSPS) is 10.6. The Morgan fingerprint density at radius 2 is 1.78 bits per heavy atom. The van der Waals surface area contributed by atoms with Crippen molar-refractivity contribution in [3.8, 4) is 23.1 Å². The number of hydrogen-bond acceptors (Lipinski definition) is 6. The minimum atomic E-state index is 0.438. The van der Waals surface area contributed by atoms with E-state index in [4.69, 9.17) is 24.9 Å². The second-order valence-corrected chi connectivity index (χ2v) is 5.65. The molecule has 0 unspecified atom stereocenters. The van der Waals surface area contributed by atoms with Crippen molar-refractivity contribution in [2.24, 2.45) is 0 Å². The Morgan fingerprint density at radius 1 is 1.00 bits per heavy atom. The van der Waals surface area contributed by atoms with Gasteiger partial charge in [0, 0.05) is 11.0 Å². The first kappa shape index (κ1) is 15.7. The van der Waals surface area contributed by atoms with Crippen molar-refractivity contribution < 1.29 is 14.2 Å². The van der Waals surface area contributed by atoms with Crippen molar-refractivity contribution in [1.29, 1.82) is 0 Å². The van der Waals surface area contributed by atoms with Crippen molar-refractivity contribution in [3.05, 3.63) is 42.7 Å². The summed E-state index contributed by atoms with van der Waals surface area (Å²) in [5, 5.41) is 0.731. The summed E-state index contributed by atoms with van der Waals surface area (Å²) in [5.41, 5.74) is 0.704. The van der Waals surface area contributed by atoms with Gasteiger partial charge in [0.1, 0.15) is 12.1 Å². The topological polar surface area (TPSA) is 53.5 Å². The minimum absolute atomic E-state index is 0.438. The molecular weight excluding hydrogens is 336 g/mol. The lowest BCUT2D eigenvalue weighted by Gasteiger charge is -2.11. The minimum Gasteiger partial charge on any atom is -0.493 e. The fourth-order valence-electron chi connectivity index (χ4n) is 2.14. The van der Waals surface area contributed by atoms with E-state index in [1.807, 2.05) is 24.3 Å². The molecular formula is C16H13ClN2O3S. The highest BCUT2D eigenvalue weighted by atomic mass is 35.7. The Hall–Kier alpha value is -2.18. The van der Waals surface area contributed by atoms with Gasteiger partial charge < -0.3 is 14.2 Å². The van der Waals surface area contributed by atoms with Crippen LogP contribution in [0.1, 0.15) is 0 Å². The molecule has 1 heterocycles. The molecule has 0 N–H and O–H groups in total. The first-order valence-electron chi connectivity index (χ1n) is 6.68. The van der Waals surface area contributed by atoms with Gasteiger partial charge in [-0.3, -0.25) is 0 Å². The summed E-state index contributed by atoms with van der Waals surface area (Å²) in [6.45, 7) is 0. The molecule has 0 saturated carbocycles. The van der Waals surface area contributed by atoms with Gasteiger partial charge in [0.25, 0.3) is 0 Å². The molecule has 23 heavy (non-hydrogen) atoms. The molecule has 118 valence electrons. The van der Waals surface area contributed by atoms with Crippen molar-refractivity contribution in [2.45, 2.75) is 4.90 Å². The molecule has 0 bridgehead atoms. The number of nitrogens with zero attached hydrogens (tertiary/aromatic N) is 2. The maximum Gasteiger partial charge on any atom is 0.230 e. The fraction of sp³-hybridized carbons (Fsp3) is 0.125. The van der Waals surface area contributed by atoms with E-state index in [2.05, 4.69) is 9.97 Å². The molecule has 0 aliphatic carbocycles. The van der Waals surface area contributed by atoms with Crippen molar-refractivity contribution in [3.63, 3.8) is 0 Å². The zero-order valence-electron chi connectivity index (χ0n) is 12.4. The summed E-state index contributed by atoms with van der Waals surface area (Å²) in [6.07, 6.45) is 1.45. The Balaban J connectivity index is 2.06. The van der Waals surface area contributed by atoms with E-state index < -0.39 is 0 Å². The third-order valence-electron chi connectivity index (χ3n) is 3.21. The van der Waals surface area contributed by atoms with Crippen LogP contribution in [0.2, 0.25) is 0 Å². The molecule has 1 aromatic heterocycles. The van der Waals surface area contributed by atoms with E-state index in [9.17, 15) is 0 Å². The van der Waals surface area contributed by atoms with E-state index in [0.29, 0.717) is 28.6 Å². The summed E-state index contributed by atoms with van der Waals surface area (Å²) in [5.74, 6) is 2.27. The number of ether oxygens (including phenoxy) is 3.